The van der Waals surface area contributed by atoms with Gasteiger partial charge in [-0.25, -0.2) is 4.98 Å². The highest BCUT2D eigenvalue weighted by molar-refractivity contribution is 5.73. The Morgan fingerprint density at radius 1 is 1.00 bits per heavy atom. The van der Waals surface area contributed by atoms with Gasteiger partial charge in [0.2, 0.25) is 0 Å². The van der Waals surface area contributed by atoms with Gasteiger partial charge in [-0.3, -0.25) is 9.69 Å². The number of ether oxygens (including phenoxy) is 1. The Hall–Kier alpha value is -2.30. The van der Waals surface area contributed by atoms with E-state index >= 15 is 0 Å². The Bertz CT molecular complexity index is 1730. The van der Waals surface area contributed by atoms with Crippen molar-refractivity contribution in [3.05, 3.63) is 54.6 Å². The zero-order valence-corrected chi connectivity index (χ0v) is 37.4. The summed E-state index contributed by atoms with van der Waals surface area (Å²) in [6.45, 7) is 24.1. The van der Waals surface area contributed by atoms with E-state index in [1.165, 1.54) is 5.56 Å². The summed E-state index contributed by atoms with van der Waals surface area (Å²) in [6.07, 6.45) is 14.6. The normalized spacial score (nSPS) is 40.1. The lowest BCUT2D eigenvalue weighted by Gasteiger charge is -2.77. The molecular formula is C49H78N4O5. The van der Waals surface area contributed by atoms with Crippen molar-refractivity contribution in [2.45, 2.75) is 170 Å². The van der Waals surface area contributed by atoms with Gasteiger partial charge in [0, 0.05) is 44.0 Å². The summed E-state index contributed by atoms with van der Waals surface area (Å²) in [5.41, 5.74) is 7.80. The number of fused-ring (bicyclic) bond motifs is 7. The maximum absolute atomic E-state index is 12.1. The summed E-state index contributed by atoms with van der Waals surface area (Å²) >= 11 is 0. The molecule has 11 unspecified atom stereocenters. The molecule has 5 saturated carbocycles. The van der Waals surface area contributed by atoms with E-state index in [2.05, 4.69) is 99.4 Å². The minimum Gasteiger partial charge on any atom is -0.481 e. The quantitative estimate of drug-likeness (QED) is 0.139. The first-order valence-electron chi connectivity index (χ1n) is 22.9. The first-order chi connectivity index (χ1) is 27.1. The van der Waals surface area contributed by atoms with E-state index in [4.69, 9.17) is 10.5 Å². The maximum atomic E-state index is 12.1. The number of carbonyl (C=O) groups is 1. The van der Waals surface area contributed by atoms with Gasteiger partial charge >= 0.3 is 5.97 Å². The van der Waals surface area contributed by atoms with Crippen LogP contribution in [0.2, 0.25) is 0 Å². The summed E-state index contributed by atoms with van der Waals surface area (Å²) in [7, 11) is 0. The molecule has 9 heteroatoms. The molecule has 5 fully saturated rings. The van der Waals surface area contributed by atoms with E-state index in [-0.39, 0.29) is 57.2 Å². The van der Waals surface area contributed by atoms with Crippen LogP contribution in [0, 0.1) is 62.1 Å². The highest BCUT2D eigenvalue weighted by atomic mass is 16.6. The molecule has 0 aliphatic heterocycles. The number of carboxylic acids is 1. The second kappa shape index (κ2) is 15.6. The number of imidazole rings is 1. The Morgan fingerprint density at radius 3 is 2.38 bits per heavy atom. The Balaban J connectivity index is 1.15. The largest absolute Gasteiger partial charge is 0.481 e. The Morgan fingerprint density at radius 2 is 1.72 bits per heavy atom. The molecule has 5 aliphatic carbocycles. The lowest BCUT2D eigenvalue weighted by Crippen LogP contribution is -2.78. The molecule has 5 N–H and O–H groups in total. The molecule has 0 spiro atoms. The fourth-order valence-corrected chi connectivity index (χ4v) is 15.3. The van der Waals surface area contributed by atoms with Crippen LogP contribution in [0.1, 0.15) is 139 Å². The molecule has 58 heavy (non-hydrogen) atoms. The molecule has 0 saturated heterocycles. The first-order valence-corrected chi connectivity index (χ1v) is 22.9. The van der Waals surface area contributed by atoms with Gasteiger partial charge in [-0.15, -0.1) is 0 Å². The second-order valence-corrected chi connectivity index (χ2v) is 22.5. The zero-order chi connectivity index (χ0) is 42.1. The number of rotatable bonds is 14. The number of carboxylic acid groups (broad SMARTS) is 1. The van der Waals surface area contributed by atoms with Crippen LogP contribution in [-0.2, 0) is 22.6 Å². The topological polar surface area (TPSA) is 134 Å². The van der Waals surface area contributed by atoms with Crippen LogP contribution in [0.3, 0.4) is 0 Å². The third-order valence-corrected chi connectivity index (χ3v) is 18.8. The summed E-state index contributed by atoms with van der Waals surface area (Å²) < 4.78 is 8.60. The summed E-state index contributed by atoms with van der Waals surface area (Å²) in [5, 5.41) is 32.9. The van der Waals surface area contributed by atoms with Crippen LogP contribution >= 0.6 is 0 Å². The SMILES string of the molecule is CC(C)C1C(O)CC2(CCN(CCn3ccnc3)Cc3ccccc3)CC[C@]3(C)C(CCC4(N)C5(C)CCC(OC(O)CC(C)(C)C(=O)O)C(C)(C)C5CCC43C)C12. The van der Waals surface area contributed by atoms with Crippen LogP contribution in [-0.4, -0.2) is 72.9 Å². The number of aliphatic hydroxyl groups is 2. The van der Waals surface area contributed by atoms with Crippen molar-refractivity contribution in [3.8, 4) is 0 Å². The van der Waals surface area contributed by atoms with Gasteiger partial charge in [0.15, 0.2) is 6.29 Å². The number of hydrogen-bond acceptors (Lipinski definition) is 7. The molecule has 0 bridgehead atoms. The highest BCUT2D eigenvalue weighted by Gasteiger charge is 2.76. The summed E-state index contributed by atoms with van der Waals surface area (Å²) in [4.78, 5) is 18.8. The lowest BCUT2D eigenvalue weighted by atomic mass is 9.29. The number of benzene rings is 1. The molecule has 0 amide bonds. The van der Waals surface area contributed by atoms with Crippen molar-refractivity contribution in [1.29, 1.82) is 0 Å². The second-order valence-electron chi connectivity index (χ2n) is 22.5. The number of nitrogens with zero attached hydrogens (tertiary/aromatic N) is 3. The van der Waals surface area contributed by atoms with Gasteiger partial charge in [0.1, 0.15) is 0 Å². The van der Waals surface area contributed by atoms with Gasteiger partial charge in [-0.05, 0) is 147 Å². The minimum atomic E-state index is -1.13. The smallest absolute Gasteiger partial charge is 0.309 e. The van der Waals surface area contributed by atoms with Crippen molar-refractivity contribution in [2.75, 3.05) is 13.1 Å². The van der Waals surface area contributed by atoms with E-state index in [1.54, 1.807) is 13.8 Å². The van der Waals surface area contributed by atoms with E-state index in [9.17, 15) is 20.1 Å². The number of hydrogen-bond donors (Lipinski definition) is 4. The van der Waals surface area contributed by atoms with Crippen molar-refractivity contribution in [2.24, 2.45) is 67.8 Å². The molecule has 12 atom stereocenters. The van der Waals surface area contributed by atoms with Gasteiger partial charge in [0.05, 0.1) is 24.0 Å². The third-order valence-electron chi connectivity index (χ3n) is 18.8. The average Bonchev–Trinajstić information content (AvgIpc) is 3.78. The van der Waals surface area contributed by atoms with Gasteiger partial charge in [0.25, 0.3) is 0 Å². The molecule has 324 valence electrons. The van der Waals surface area contributed by atoms with Crippen molar-refractivity contribution >= 4 is 5.97 Å². The molecule has 2 aromatic rings. The predicted octanol–water partition coefficient (Wildman–Crippen LogP) is 8.77. The maximum Gasteiger partial charge on any atom is 0.309 e. The molecule has 1 aromatic heterocycles. The molecule has 5 aliphatic rings. The molecule has 9 nitrogen and oxygen atoms in total. The van der Waals surface area contributed by atoms with Gasteiger partial charge < -0.3 is 30.4 Å². The van der Waals surface area contributed by atoms with Crippen molar-refractivity contribution in [3.63, 3.8) is 0 Å². The molecule has 1 heterocycles. The standard InChI is InChI=1S/C49H78N4O5/c1-33(2)40-36(54)29-48(23-25-52(27-28-53-26-24-51-32-53)31-34-13-11-10-12-14-34)22-21-45(7)35(41(40)48)15-20-49(50)46(8)18-17-38(58-39(55)30-43(3,4)42(56)57)44(5,6)37(46)16-19-47(45,49)9/h10-14,24,26,32-33,35-41,54-55H,15-23,25,27-31,50H2,1-9H3,(H,56,57)/t35?,36?,37?,38?,39?,40?,41?,45-,46?,47?,48?,49?/m1/s1. The summed E-state index contributed by atoms with van der Waals surface area (Å²) in [6, 6.07) is 10.9. The Labute approximate surface area is 349 Å². The summed E-state index contributed by atoms with van der Waals surface area (Å²) in [5.74, 6) is 1.03. The fraction of sp³-hybridized carbons (Fsp3) is 0.796. The van der Waals surface area contributed by atoms with E-state index in [0.717, 1.165) is 90.4 Å². The van der Waals surface area contributed by atoms with E-state index in [0.29, 0.717) is 23.7 Å². The zero-order valence-electron chi connectivity index (χ0n) is 37.4. The highest BCUT2D eigenvalue weighted by Crippen LogP contribution is 2.78. The van der Waals surface area contributed by atoms with E-state index in [1.807, 2.05) is 12.5 Å². The van der Waals surface area contributed by atoms with Crippen molar-refractivity contribution < 1.29 is 24.9 Å². The molecule has 7 rings (SSSR count). The van der Waals surface area contributed by atoms with Gasteiger partial charge in [-0.1, -0.05) is 78.8 Å². The van der Waals surface area contributed by atoms with Crippen LogP contribution in [0.15, 0.2) is 49.1 Å². The number of nitrogens with two attached hydrogens (primary N) is 1. The van der Waals surface area contributed by atoms with Crippen LogP contribution in [0.5, 0.6) is 0 Å². The van der Waals surface area contributed by atoms with Gasteiger partial charge in [-0.2, -0.15) is 0 Å². The fourth-order valence-electron chi connectivity index (χ4n) is 15.3. The van der Waals surface area contributed by atoms with Crippen LogP contribution in [0.25, 0.3) is 0 Å². The monoisotopic (exact) mass is 803 g/mol. The molecule has 1 aromatic carbocycles. The first kappa shape index (κ1) is 43.8. The molecule has 0 radical (unpaired) electrons. The number of aliphatic hydroxyl groups excluding tert-OH is 2. The van der Waals surface area contributed by atoms with E-state index < -0.39 is 17.7 Å². The lowest BCUT2D eigenvalue weighted by molar-refractivity contribution is -0.276. The average molecular weight is 803 g/mol. The third kappa shape index (κ3) is 7.03. The number of aromatic nitrogens is 2. The Kier molecular flexibility index (Phi) is 11.7. The van der Waals surface area contributed by atoms with Crippen LogP contribution < -0.4 is 5.73 Å². The predicted molar refractivity (Wildman–Crippen MR) is 229 cm³/mol. The van der Waals surface area contributed by atoms with Crippen molar-refractivity contribution in [1.82, 2.24) is 14.5 Å². The molecular weight excluding hydrogens is 725 g/mol. The van der Waals surface area contributed by atoms with Crippen LogP contribution in [0.4, 0.5) is 0 Å². The minimum absolute atomic E-state index is 0.0423. The number of aliphatic carboxylic acids is 1.